The van der Waals surface area contributed by atoms with E-state index in [1.165, 1.54) is 19.1 Å². The van der Waals surface area contributed by atoms with E-state index in [4.69, 9.17) is 33.7 Å². The molecular weight excluding hydrogens is 597 g/mol. The summed E-state index contributed by atoms with van der Waals surface area (Å²) in [6.07, 6.45) is -0.302. The van der Waals surface area contributed by atoms with Gasteiger partial charge in [-0.3, -0.25) is 13.8 Å². The zero-order valence-electron chi connectivity index (χ0n) is 25.0. The first-order chi connectivity index (χ1) is 21.2. The van der Waals surface area contributed by atoms with Crippen LogP contribution in [0.5, 0.6) is 0 Å². The van der Waals surface area contributed by atoms with Crippen molar-refractivity contribution in [3.63, 3.8) is 0 Å². The van der Waals surface area contributed by atoms with Gasteiger partial charge in [-0.05, 0) is 11.1 Å². The van der Waals surface area contributed by atoms with Gasteiger partial charge in [0.1, 0.15) is 6.54 Å². The smallest absolute Gasteiger partial charge is 0.468 e. The number of benzene rings is 2. The van der Waals surface area contributed by atoms with Crippen molar-refractivity contribution < 1.29 is 51.7 Å². The molecule has 2 N–H and O–H groups in total. The molecule has 2 aromatic carbocycles. The lowest BCUT2D eigenvalue weighted by atomic mass is 10.2. The number of hydrogen-bond donors (Lipinski definition) is 1. The van der Waals surface area contributed by atoms with E-state index in [1.54, 1.807) is 0 Å². The number of carbonyl (C=O) groups is 3. The number of likely N-dealkylation sites (N-methyl/N-ethyl adjacent to an activating group) is 1. The molecule has 0 amide bonds. The summed E-state index contributed by atoms with van der Waals surface area (Å²) in [5, 5.41) is 0. The van der Waals surface area contributed by atoms with Crippen LogP contribution in [0.2, 0.25) is 0 Å². The summed E-state index contributed by atoms with van der Waals surface area (Å²) in [5.41, 5.74) is 7.93. The van der Waals surface area contributed by atoms with E-state index in [0.29, 0.717) is 12.8 Å². The molecule has 0 fully saturated rings. The quantitative estimate of drug-likeness (QED) is 0.0582. The van der Waals surface area contributed by atoms with Gasteiger partial charge in [0.2, 0.25) is 5.96 Å². The predicted octanol–water partition coefficient (Wildman–Crippen LogP) is 4.12. The lowest BCUT2D eigenvalue weighted by Crippen LogP contribution is -2.38. The van der Waals surface area contributed by atoms with E-state index in [2.05, 4.69) is 9.50 Å². The van der Waals surface area contributed by atoms with Gasteiger partial charge in [0, 0.05) is 32.7 Å². The molecule has 0 unspecified atom stereocenters. The molecule has 0 saturated heterocycles. The second-order valence-electron chi connectivity index (χ2n) is 9.10. The van der Waals surface area contributed by atoms with Crippen LogP contribution in [0.1, 0.15) is 24.0 Å². The SMILES string of the molecule is COC(=O)CN(C)/C(N)=N\P(=O)(OCCCOC(=O)OCCc1ccccc1)OCCCOC(=O)OCCc1ccccc1. The number of methoxy groups -OCH3 is 1. The highest BCUT2D eigenvalue weighted by molar-refractivity contribution is 7.52. The van der Waals surface area contributed by atoms with Gasteiger partial charge in [-0.2, -0.15) is 0 Å². The van der Waals surface area contributed by atoms with Gasteiger partial charge in [0.15, 0.2) is 0 Å². The van der Waals surface area contributed by atoms with Crippen molar-refractivity contribution in [1.82, 2.24) is 4.90 Å². The van der Waals surface area contributed by atoms with Crippen LogP contribution in [0.4, 0.5) is 9.59 Å². The fourth-order valence-corrected chi connectivity index (χ4v) is 4.62. The van der Waals surface area contributed by atoms with Crippen molar-refractivity contribution in [2.45, 2.75) is 25.7 Å². The average molecular weight is 638 g/mol. The Morgan fingerprint density at radius 2 is 1.16 bits per heavy atom. The summed E-state index contributed by atoms with van der Waals surface area (Å²) >= 11 is 0. The van der Waals surface area contributed by atoms with Gasteiger partial charge in [0.25, 0.3) is 0 Å². The minimum atomic E-state index is -4.19. The van der Waals surface area contributed by atoms with E-state index >= 15 is 0 Å². The second kappa shape index (κ2) is 20.7. The van der Waals surface area contributed by atoms with Crippen LogP contribution in [0.25, 0.3) is 0 Å². The summed E-state index contributed by atoms with van der Waals surface area (Å²) in [5.74, 6) is -0.891. The lowest BCUT2D eigenvalue weighted by Gasteiger charge is -2.19. The Bertz CT molecular complexity index is 1140. The first-order valence-electron chi connectivity index (χ1n) is 13.9. The molecule has 0 atom stereocenters. The van der Waals surface area contributed by atoms with E-state index in [0.717, 1.165) is 11.1 Å². The molecule has 14 nitrogen and oxygen atoms in total. The Labute approximate surface area is 256 Å². The van der Waals surface area contributed by atoms with Crippen molar-refractivity contribution in [1.29, 1.82) is 0 Å². The summed E-state index contributed by atoms with van der Waals surface area (Å²) in [4.78, 5) is 36.4. The molecule has 0 bridgehead atoms. The number of rotatable bonds is 19. The lowest BCUT2D eigenvalue weighted by molar-refractivity contribution is -0.140. The summed E-state index contributed by atoms with van der Waals surface area (Å²) in [6.45, 7) is -0.439. The van der Waals surface area contributed by atoms with Crippen LogP contribution in [-0.4, -0.2) is 89.5 Å². The molecule has 0 saturated carbocycles. The first-order valence-corrected chi connectivity index (χ1v) is 15.4. The molecule has 0 aliphatic rings. The number of esters is 1. The Hall–Kier alpha value is -4.13. The number of guanidine groups is 1. The third-order valence-corrected chi connectivity index (χ3v) is 7.11. The van der Waals surface area contributed by atoms with Crippen LogP contribution in [0.3, 0.4) is 0 Å². The molecule has 0 aliphatic carbocycles. The zero-order valence-corrected chi connectivity index (χ0v) is 25.9. The van der Waals surface area contributed by atoms with E-state index in [9.17, 15) is 18.9 Å². The minimum Gasteiger partial charge on any atom is -0.468 e. The molecule has 2 aromatic rings. The van der Waals surface area contributed by atoms with Crippen LogP contribution >= 0.6 is 7.75 Å². The van der Waals surface area contributed by atoms with Crippen LogP contribution in [-0.2, 0) is 54.9 Å². The maximum Gasteiger partial charge on any atom is 0.508 e. The Kier molecular flexibility index (Phi) is 17.0. The maximum absolute atomic E-state index is 13.3. The fraction of sp³-hybridized carbons (Fsp3) is 0.448. The second-order valence-corrected chi connectivity index (χ2v) is 10.8. The highest BCUT2D eigenvalue weighted by Gasteiger charge is 2.26. The van der Waals surface area contributed by atoms with Crippen LogP contribution < -0.4 is 5.73 Å². The van der Waals surface area contributed by atoms with E-state index in [-0.39, 0.29) is 65.0 Å². The molecule has 15 heteroatoms. The number of nitrogens with two attached hydrogens (primary N) is 1. The predicted molar refractivity (Wildman–Crippen MR) is 160 cm³/mol. The number of hydrogen-bond acceptors (Lipinski definition) is 11. The van der Waals surface area contributed by atoms with Crippen LogP contribution in [0.15, 0.2) is 65.4 Å². The highest BCUT2D eigenvalue weighted by Crippen LogP contribution is 2.50. The largest absolute Gasteiger partial charge is 0.508 e. The van der Waals surface area contributed by atoms with Crippen molar-refractivity contribution in [3.8, 4) is 0 Å². The average Bonchev–Trinajstić information content (AvgIpc) is 3.01. The van der Waals surface area contributed by atoms with Crippen molar-refractivity contribution in [2.24, 2.45) is 10.5 Å². The van der Waals surface area contributed by atoms with Crippen molar-refractivity contribution in [3.05, 3.63) is 71.8 Å². The third-order valence-electron chi connectivity index (χ3n) is 5.64. The number of nitrogens with zero attached hydrogens (tertiary/aromatic N) is 2. The van der Waals surface area contributed by atoms with Gasteiger partial charge in [-0.15, -0.1) is 4.76 Å². The van der Waals surface area contributed by atoms with Gasteiger partial charge in [-0.1, -0.05) is 60.7 Å². The molecule has 0 radical (unpaired) electrons. The minimum absolute atomic E-state index is 0.0775. The Morgan fingerprint density at radius 1 is 0.727 bits per heavy atom. The third kappa shape index (κ3) is 15.9. The number of carbonyl (C=O) groups excluding carboxylic acids is 3. The van der Waals surface area contributed by atoms with Crippen LogP contribution in [0, 0.1) is 0 Å². The Morgan fingerprint density at radius 3 is 1.59 bits per heavy atom. The van der Waals surface area contributed by atoms with E-state index in [1.807, 2.05) is 60.7 Å². The molecule has 0 spiro atoms. The Balaban J connectivity index is 1.75. The molecule has 2 rings (SSSR count). The molecule has 0 aromatic heterocycles. The topological polar surface area (TPSA) is 175 Å². The van der Waals surface area contributed by atoms with Gasteiger partial charge in [-0.25, -0.2) is 14.2 Å². The highest BCUT2D eigenvalue weighted by atomic mass is 31.2. The molecule has 44 heavy (non-hydrogen) atoms. The van der Waals surface area contributed by atoms with Crippen molar-refractivity contribution >= 4 is 32.0 Å². The first kappa shape index (κ1) is 36.1. The maximum atomic E-state index is 13.3. The van der Waals surface area contributed by atoms with Gasteiger partial charge < -0.3 is 34.3 Å². The normalized spacial score (nSPS) is 11.4. The monoisotopic (exact) mass is 637 g/mol. The summed E-state index contributed by atoms with van der Waals surface area (Å²) in [7, 11) is -1.54. The standard InChI is InChI=1S/C29H40N3O11P/c1-32(23-26(33)37-2)27(30)31-44(36,42-19-9-17-38-28(34)40-21-15-24-11-5-3-6-12-24)43-20-10-18-39-29(35)41-22-16-25-13-7-4-8-14-25/h3-8,11-14H,9-10,15-23H2,1-2H3,(H2,30,31,36). The molecule has 0 heterocycles. The zero-order chi connectivity index (χ0) is 32.0. The summed E-state index contributed by atoms with van der Waals surface area (Å²) in [6, 6.07) is 19.0. The molecular formula is C29H40N3O11P. The fourth-order valence-electron chi connectivity index (χ4n) is 3.30. The summed E-state index contributed by atoms with van der Waals surface area (Å²) < 4.78 is 52.6. The van der Waals surface area contributed by atoms with E-state index < -0.39 is 26.0 Å². The van der Waals surface area contributed by atoms with Crippen molar-refractivity contribution in [2.75, 3.05) is 60.3 Å². The molecule has 242 valence electrons. The number of ether oxygens (including phenoxy) is 5. The molecule has 0 aliphatic heterocycles. The van der Waals surface area contributed by atoms with Gasteiger partial charge >= 0.3 is 26.0 Å². The van der Waals surface area contributed by atoms with Gasteiger partial charge in [0.05, 0.1) is 46.8 Å².